The number of hydrogen-bond acceptors (Lipinski definition) is 5. The molecule has 1 saturated heterocycles. The van der Waals surface area contributed by atoms with Crippen molar-refractivity contribution < 1.29 is 19.1 Å². The summed E-state index contributed by atoms with van der Waals surface area (Å²) in [6, 6.07) is 6.63. The Hall–Kier alpha value is -2.41. The molecule has 1 aromatic carbocycles. The Labute approximate surface area is 120 Å². The summed E-state index contributed by atoms with van der Waals surface area (Å²) in [7, 11) is 1.30. The van der Waals surface area contributed by atoms with Crippen molar-refractivity contribution in [1.29, 1.82) is 0 Å². The smallest absolute Gasteiger partial charge is 0.331 e. The number of rotatable bonds is 2. The van der Waals surface area contributed by atoms with Crippen LogP contribution in [-0.2, 0) is 14.3 Å². The highest BCUT2D eigenvalue weighted by molar-refractivity contribution is 6.05. The third kappa shape index (κ3) is 2.36. The lowest BCUT2D eigenvalue weighted by molar-refractivity contribution is -0.151. The molecule has 0 radical (unpaired) electrons. The topological polar surface area (TPSA) is 84.5 Å². The number of hydrogen-bond donors (Lipinski definition) is 1. The van der Waals surface area contributed by atoms with Crippen LogP contribution in [0.3, 0.4) is 0 Å². The summed E-state index contributed by atoms with van der Waals surface area (Å²) in [6.45, 7) is 0.863. The average molecular weight is 289 g/mol. The molecule has 1 atom stereocenters. The molecule has 21 heavy (non-hydrogen) atoms. The van der Waals surface area contributed by atoms with Crippen molar-refractivity contribution in [2.75, 3.05) is 26.9 Å². The number of fused-ring (bicyclic) bond motifs is 1. The van der Waals surface area contributed by atoms with Gasteiger partial charge in [0, 0.05) is 11.9 Å². The summed E-state index contributed by atoms with van der Waals surface area (Å²) >= 11 is 0. The normalized spacial score (nSPS) is 18.7. The lowest BCUT2D eigenvalue weighted by Gasteiger charge is -2.33. The summed E-state index contributed by atoms with van der Waals surface area (Å²) < 4.78 is 10.0. The number of carbonyl (C=O) groups excluding carboxylic acids is 2. The molecule has 110 valence electrons. The number of nitrogens with one attached hydrogen (secondary N) is 1. The Balaban J connectivity index is 1.94. The SMILES string of the molecule is COC(=O)C1COCCN1C(=O)c1n[nH]c2ccccc12. The standard InChI is InChI=1S/C14H15N3O4/c1-20-14(19)11-8-21-7-6-17(11)13(18)12-9-4-2-3-5-10(9)15-16-12/h2-5,11H,6-8H2,1H3,(H,15,16). The van der Waals surface area contributed by atoms with Crippen molar-refractivity contribution in [2.24, 2.45) is 0 Å². The molecule has 2 heterocycles. The van der Waals surface area contributed by atoms with E-state index in [9.17, 15) is 9.59 Å². The molecule has 0 bridgehead atoms. The van der Waals surface area contributed by atoms with E-state index in [-0.39, 0.29) is 12.5 Å². The van der Waals surface area contributed by atoms with Gasteiger partial charge in [-0.05, 0) is 6.07 Å². The number of nitrogens with zero attached hydrogens (tertiary/aromatic N) is 2. The van der Waals surface area contributed by atoms with Crippen LogP contribution in [0.1, 0.15) is 10.5 Å². The predicted molar refractivity (Wildman–Crippen MR) is 73.8 cm³/mol. The van der Waals surface area contributed by atoms with Gasteiger partial charge in [0.15, 0.2) is 11.7 Å². The molecule has 1 unspecified atom stereocenters. The lowest BCUT2D eigenvalue weighted by atomic mass is 10.1. The first-order chi connectivity index (χ1) is 10.2. The molecule has 0 saturated carbocycles. The highest BCUT2D eigenvalue weighted by Gasteiger charge is 2.35. The van der Waals surface area contributed by atoms with Crippen molar-refractivity contribution >= 4 is 22.8 Å². The summed E-state index contributed by atoms with van der Waals surface area (Å²) in [6.07, 6.45) is 0. The molecule has 2 aromatic rings. The number of esters is 1. The number of benzene rings is 1. The number of para-hydroxylation sites is 1. The number of H-pyrrole nitrogens is 1. The van der Waals surface area contributed by atoms with E-state index in [4.69, 9.17) is 9.47 Å². The lowest BCUT2D eigenvalue weighted by Crippen LogP contribution is -2.53. The molecule has 1 amide bonds. The third-order valence-corrected chi connectivity index (χ3v) is 3.54. The second-order valence-corrected chi connectivity index (χ2v) is 4.73. The van der Waals surface area contributed by atoms with Crippen molar-refractivity contribution in [3.63, 3.8) is 0 Å². The minimum absolute atomic E-state index is 0.140. The van der Waals surface area contributed by atoms with Gasteiger partial charge in [0.1, 0.15) is 0 Å². The van der Waals surface area contributed by atoms with E-state index < -0.39 is 12.0 Å². The van der Waals surface area contributed by atoms with E-state index in [1.54, 1.807) is 0 Å². The van der Waals surface area contributed by atoms with Crippen molar-refractivity contribution in [1.82, 2.24) is 15.1 Å². The quantitative estimate of drug-likeness (QED) is 0.817. The number of carbonyl (C=O) groups is 2. The van der Waals surface area contributed by atoms with Gasteiger partial charge in [-0.15, -0.1) is 0 Å². The molecule has 1 N–H and O–H groups in total. The number of amides is 1. The molecular formula is C14H15N3O4. The Morgan fingerprint density at radius 1 is 1.43 bits per heavy atom. The minimum Gasteiger partial charge on any atom is -0.467 e. The monoisotopic (exact) mass is 289 g/mol. The Morgan fingerprint density at radius 3 is 3.05 bits per heavy atom. The first-order valence-corrected chi connectivity index (χ1v) is 6.62. The Kier molecular flexibility index (Phi) is 3.57. The maximum absolute atomic E-state index is 12.7. The van der Waals surface area contributed by atoms with Crippen LogP contribution in [0, 0.1) is 0 Å². The van der Waals surface area contributed by atoms with Gasteiger partial charge in [-0.3, -0.25) is 9.89 Å². The van der Waals surface area contributed by atoms with E-state index in [1.807, 2.05) is 24.3 Å². The third-order valence-electron chi connectivity index (χ3n) is 3.54. The minimum atomic E-state index is -0.730. The number of aromatic amines is 1. The Morgan fingerprint density at radius 2 is 2.24 bits per heavy atom. The molecule has 7 nitrogen and oxygen atoms in total. The molecule has 0 spiro atoms. The van der Waals surface area contributed by atoms with Crippen LogP contribution in [0.2, 0.25) is 0 Å². The van der Waals surface area contributed by atoms with E-state index in [1.165, 1.54) is 12.0 Å². The van der Waals surface area contributed by atoms with Crippen LogP contribution in [0.5, 0.6) is 0 Å². The van der Waals surface area contributed by atoms with E-state index in [0.29, 0.717) is 18.8 Å². The highest BCUT2D eigenvalue weighted by atomic mass is 16.5. The molecule has 7 heteroatoms. The van der Waals surface area contributed by atoms with Crippen molar-refractivity contribution in [2.45, 2.75) is 6.04 Å². The summed E-state index contributed by atoms with van der Waals surface area (Å²) in [5, 5.41) is 7.64. The van der Waals surface area contributed by atoms with Crippen molar-refractivity contribution in [3.05, 3.63) is 30.0 Å². The molecule has 3 rings (SSSR count). The number of methoxy groups -OCH3 is 1. The zero-order chi connectivity index (χ0) is 14.8. The van der Waals surface area contributed by atoms with Gasteiger partial charge in [0.25, 0.3) is 5.91 Å². The Bertz CT molecular complexity index is 682. The van der Waals surface area contributed by atoms with E-state index in [2.05, 4.69) is 10.2 Å². The van der Waals surface area contributed by atoms with Gasteiger partial charge in [0.2, 0.25) is 0 Å². The fourth-order valence-corrected chi connectivity index (χ4v) is 2.44. The van der Waals surface area contributed by atoms with Gasteiger partial charge in [-0.2, -0.15) is 5.10 Å². The van der Waals surface area contributed by atoms with Crippen LogP contribution in [-0.4, -0.2) is 59.9 Å². The maximum atomic E-state index is 12.7. The number of ether oxygens (including phenoxy) is 2. The second kappa shape index (κ2) is 5.53. The van der Waals surface area contributed by atoms with Gasteiger partial charge in [-0.1, -0.05) is 18.2 Å². The molecule has 1 aliphatic heterocycles. The number of aromatic nitrogens is 2. The first kappa shape index (κ1) is 13.6. The zero-order valence-electron chi connectivity index (χ0n) is 11.5. The van der Waals surface area contributed by atoms with Gasteiger partial charge in [0.05, 0.1) is 25.8 Å². The van der Waals surface area contributed by atoms with Crippen LogP contribution in [0.4, 0.5) is 0 Å². The van der Waals surface area contributed by atoms with Gasteiger partial charge < -0.3 is 14.4 Å². The largest absolute Gasteiger partial charge is 0.467 e. The highest BCUT2D eigenvalue weighted by Crippen LogP contribution is 2.19. The van der Waals surface area contributed by atoms with Crippen LogP contribution >= 0.6 is 0 Å². The zero-order valence-corrected chi connectivity index (χ0v) is 11.5. The first-order valence-electron chi connectivity index (χ1n) is 6.62. The molecule has 1 aliphatic rings. The van der Waals surface area contributed by atoms with E-state index in [0.717, 1.165) is 10.9 Å². The molecule has 0 aliphatic carbocycles. The maximum Gasteiger partial charge on any atom is 0.331 e. The fourth-order valence-electron chi connectivity index (χ4n) is 2.44. The van der Waals surface area contributed by atoms with Gasteiger partial charge >= 0.3 is 5.97 Å². The molecule has 1 fully saturated rings. The molecule has 1 aromatic heterocycles. The van der Waals surface area contributed by atoms with Gasteiger partial charge in [-0.25, -0.2) is 4.79 Å². The average Bonchev–Trinajstić information content (AvgIpc) is 2.97. The van der Waals surface area contributed by atoms with E-state index >= 15 is 0 Å². The van der Waals surface area contributed by atoms with Crippen molar-refractivity contribution in [3.8, 4) is 0 Å². The van der Waals surface area contributed by atoms with Crippen LogP contribution in [0.25, 0.3) is 10.9 Å². The summed E-state index contributed by atoms with van der Waals surface area (Å²) in [4.78, 5) is 25.9. The fraction of sp³-hybridized carbons (Fsp3) is 0.357. The van der Waals surface area contributed by atoms with Crippen LogP contribution < -0.4 is 0 Å². The second-order valence-electron chi connectivity index (χ2n) is 4.73. The van der Waals surface area contributed by atoms with Crippen LogP contribution in [0.15, 0.2) is 24.3 Å². The molecular weight excluding hydrogens is 274 g/mol. The summed E-state index contributed by atoms with van der Waals surface area (Å²) in [5.74, 6) is -0.783. The predicted octanol–water partition coefficient (Wildman–Crippen LogP) is 0.577. The summed E-state index contributed by atoms with van der Waals surface area (Å²) in [5.41, 5.74) is 1.09. The number of morpholine rings is 1.